The molecule has 7 heteroatoms. The Morgan fingerprint density at radius 3 is 2.48 bits per heavy atom. The molecule has 2 aromatic carbocycles. The molecule has 1 N–H and O–H groups in total. The van der Waals surface area contributed by atoms with Crippen molar-refractivity contribution >= 4 is 48.4 Å². The average molecular weight is 422 g/mol. The summed E-state index contributed by atoms with van der Waals surface area (Å²) in [5.41, 5.74) is 1.97. The molecule has 0 amide bonds. The molecule has 0 aliphatic carbocycles. The smallest absolute Gasteiger partial charge is 0.262 e. The van der Waals surface area contributed by atoms with Crippen LogP contribution in [0.3, 0.4) is 0 Å². The lowest BCUT2D eigenvalue weighted by Gasteiger charge is -2.11. The molecule has 0 saturated carbocycles. The zero-order valence-electron chi connectivity index (χ0n) is 13.9. The van der Waals surface area contributed by atoms with Gasteiger partial charge in [0.25, 0.3) is 10.0 Å². The van der Waals surface area contributed by atoms with Crippen LogP contribution in [-0.4, -0.2) is 14.2 Å². The van der Waals surface area contributed by atoms with Crippen molar-refractivity contribution in [3.05, 3.63) is 57.8 Å². The van der Waals surface area contributed by atoms with E-state index in [1.54, 1.807) is 50.2 Å². The Hall–Kier alpha value is -2.12. The van der Waals surface area contributed by atoms with Crippen molar-refractivity contribution in [1.82, 2.24) is 0 Å². The number of fused-ring (bicyclic) bond motifs is 1. The number of rotatable bonds is 4. The number of furan rings is 1. The van der Waals surface area contributed by atoms with Crippen molar-refractivity contribution in [1.29, 1.82) is 0 Å². The van der Waals surface area contributed by atoms with Crippen LogP contribution in [0.2, 0.25) is 0 Å². The molecule has 0 bridgehead atoms. The second-order valence-corrected chi connectivity index (χ2v) is 8.30. The number of hydrogen-bond donors (Lipinski definition) is 1. The van der Waals surface area contributed by atoms with Gasteiger partial charge in [0, 0.05) is 5.39 Å². The number of carbonyl (C=O) groups is 1. The van der Waals surface area contributed by atoms with E-state index in [4.69, 9.17) is 4.42 Å². The molecule has 3 aromatic rings. The Bertz CT molecular complexity index is 1100. The van der Waals surface area contributed by atoms with Crippen LogP contribution in [0.1, 0.15) is 28.6 Å². The van der Waals surface area contributed by atoms with E-state index in [1.807, 2.05) is 0 Å². The van der Waals surface area contributed by atoms with E-state index >= 15 is 0 Å². The number of sulfonamides is 1. The van der Waals surface area contributed by atoms with Crippen molar-refractivity contribution in [2.75, 3.05) is 4.72 Å². The molecule has 5 nitrogen and oxygen atoms in total. The fourth-order valence-corrected chi connectivity index (χ4v) is 4.67. The maximum Gasteiger partial charge on any atom is 0.262 e. The Labute approximate surface area is 154 Å². The highest BCUT2D eigenvalue weighted by Crippen LogP contribution is 2.35. The van der Waals surface area contributed by atoms with E-state index in [0.717, 1.165) is 0 Å². The van der Waals surface area contributed by atoms with Crippen LogP contribution in [0.5, 0.6) is 0 Å². The number of aryl methyl sites for hydroxylation is 2. The molecule has 0 aliphatic heterocycles. The Kier molecular flexibility index (Phi) is 4.47. The fraction of sp³-hybridized carbons (Fsp3) is 0.167. The number of ketones is 1. The molecule has 0 fully saturated rings. The summed E-state index contributed by atoms with van der Waals surface area (Å²) in [5.74, 6) is 0.365. The first-order valence-corrected chi connectivity index (χ1v) is 9.80. The molecule has 1 aromatic heterocycles. The van der Waals surface area contributed by atoms with Crippen LogP contribution in [0, 0.1) is 13.8 Å². The number of halogens is 1. The molecular weight excluding hydrogens is 406 g/mol. The molecule has 0 unspecified atom stereocenters. The summed E-state index contributed by atoms with van der Waals surface area (Å²) in [6.07, 6.45) is 0. The second kappa shape index (κ2) is 6.31. The van der Waals surface area contributed by atoms with Gasteiger partial charge in [-0.05, 0) is 60.5 Å². The standard InChI is InChI=1S/C18H16BrNO4S/c1-10-6-4-5-7-16(10)25(22,23)20-13-8-14-17(11(2)21)12(3)24-18(14)15(19)9-13/h4-9,20H,1-3H3. The monoisotopic (exact) mass is 421 g/mol. The van der Waals surface area contributed by atoms with E-state index in [0.29, 0.717) is 38.0 Å². The highest BCUT2D eigenvalue weighted by Gasteiger charge is 2.21. The molecular formula is C18H16BrNO4S. The number of hydrogen-bond acceptors (Lipinski definition) is 4. The minimum Gasteiger partial charge on any atom is -0.459 e. The van der Waals surface area contributed by atoms with Crippen LogP contribution in [0.25, 0.3) is 11.0 Å². The first-order valence-electron chi connectivity index (χ1n) is 7.52. The normalized spacial score (nSPS) is 11.7. The molecule has 0 saturated heterocycles. The van der Waals surface area contributed by atoms with Crippen molar-refractivity contribution in [3.63, 3.8) is 0 Å². The van der Waals surface area contributed by atoms with Gasteiger partial charge in [-0.3, -0.25) is 9.52 Å². The predicted octanol–water partition coefficient (Wildman–Crippen LogP) is 4.82. The number of carbonyl (C=O) groups excluding carboxylic acids is 1. The highest BCUT2D eigenvalue weighted by atomic mass is 79.9. The van der Waals surface area contributed by atoms with Gasteiger partial charge in [-0.15, -0.1) is 0 Å². The number of nitrogens with one attached hydrogen (secondary N) is 1. The van der Waals surface area contributed by atoms with Crippen LogP contribution in [0.4, 0.5) is 5.69 Å². The maximum atomic E-state index is 12.7. The Morgan fingerprint density at radius 1 is 1.16 bits per heavy atom. The fourth-order valence-electron chi connectivity index (χ4n) is 2.84. The van der Waals surface area contributed by atoms with Gasteiger partial charge in [-0.25, -0.2) is 8.42 Å². The third-order valence-corrected chi connectivity index (χ3v) is 6.04. The predicted molar refractivity (Wildman–Crippen MR) is 101 cm³/mol. The minimum atomic E-state index is -3.74. The van der Waals surface area contributed by atoms with Crippen molar-refractivity contribution in [2.24, 2.45) is 0 Å². The molecule has 130 valence electrons. The molecule has 0 radical (unpaired) electrons. The number of benzene rings is 2. The van der Waals surface area contributed by atoms with Crippen molar-refractivity contribution in [2.45, 2.75) is 25.7 Å². The number of Topliss-reactive ketones (excluding diaryl/α,β-unsaturated/α-hetero) is 1. The Balaban J connectivity index is 2.13. The largest absolute Gasteiger partial charge is 0.459 e. The molecule has 25 heavy (non-hydrogen) atoms. The summed E-state index contributed by atoms with van der Waals surface area (Å²) >= 11 is 3.38. The van der Waals surface area contributed by atoms with Crippen LogP contribution < -0.4 is 4.72 Å². The van der Waals surface area contributed by atoms with Gasteiger partial charge in [0.15, 0.2) is 5.78 Å². The lowest BCUT2D eigenvalue weighted by Crippen LogP contribution is -2.14. The number of anilines is 1. The lowest BCUT2D eigenvalue weighted by molar-refractivity contribution is 0.101. The second-order valence-electron chi connectivity index (χ2n) is 5.80. The third-order valence-electron chi connectivity index (χ3n) is 3.91. The summed E-state index contributed by atoms with van der Waals surface area (Å²) in [6, 6.07) is 9.97. The van der Waals surface area contributed by atoms with E-state index in [9.17, 15) is 13.2 Å². The summed E-state index contributed by atoms with van der Waals surface area (Å²) in [5, 5.41) is 0.571. The van der Waals surface area contributed by atoms with Gasteiger partial charge in [-0.2, -0.15) is 0 Å². The van der Waals surface area contributed by atoms with Crippen LogP contribution in [0.15, 0.2) is 50.2 Å². The topological polar surface area (TPSA) is 76.4 Å². The Morgan fingerprint density at radius 2 is 1.84 bits per heavy atom. The van der Waals surface area contributed by atoms with Gasteiger partial charge in [-0.1, -0.05) is 18.2 Å². The van der Waals surface area contributed by atoms with Crippen LogP contribution >= 0.6 is 15.9 Å². The highest BCUT2D eigenvalue weighted by molar-refractivity contribution is 9.10. The van der Waals surface area contributed by atoms with Gasteiger partial charge in [0.1, 0.15) is 11.3 Å². The minimum absolute atomic E-state index is 0.137. The van der Waals surface area contributed by atoms with Crippen LogP contribution in [-0.2, 0) is 10.0 Å². The van der Waals surface area contributed by atoms with Gasteiger partial charge in [0.2, 0.25) is 0 Å². The van der Waals surface area contributed by atoms with E-state index in [2.05, 4.69) is 20.7 Å². The van der Waals surface area contributed by atoms with E-state index in [1.165, 1.54) is 6.92 Å². The lowest BCUT2D eigenvalue weighted by atomic mass is 10.1. The third kappa shape index (κ3) is 3.21. The zero-order chi connectivity index (χ0) is 18.4. The summed E-state index contributed by atoms with van der Waals surface area (Å²) < 4.78 is 34.1. The molecule has 0 aliphatic rings. The molecule has 0 spiro atoms. The summed E-state index contributed by atoms with van der Waals surface area (Å²) in [6.45, 7) is 4.90. The first-order chi connectivity index (χ1) is 11.7. The van der Waals surface area contributed by atoms with Crippen molar-refractivity contribution < 1.29 is 17.6 Å². The molecule has 3 rings (SSSR count). The summed E-state index contributed by atoms with van der Waals surface area (Å²) in [7, 11) is -3.74. The average Bonchev–Trinajstić information content (AvgIpc) is 2.84. The quantitative estimate of drug-likeness (QED) is 0.612. The van der Waals surface area contributed by atoms with Gasteiger partial charge in [0.05, 0.1) is 20.6 Å². The van der Waals surface area contributed by atoms with E-state index in [-0.39, 0.29) is 10.7 Å². The van der Waals surface area contributed by atoms with Gasteiger partial charge >= 0.3 is 0 Å². The van der Waals surface area contributed by atoms with E-state index < -0.39 is 10.0 Å². The maximum absolute atomic E-state index is 12.7. The molecule has 0 atom stereocenters. The summed E-state index contributed by atoms with van der Waals surface area (Å²) in [4.78, 5) is 12.1. The first kappa shape index (κ1) is 17.7. The van der Waals surface area contributed by atoms with Crippen molar-refractivity contribution in [3.8, 4) is 0 Å². The molecule has 1 heterocycles. The van der Waals surface area contributed by atoms with Gasteiger partial charge < -0.3 is 4.42 Å². The SMILES string of the molecule is CC(=O)c1c(C)oc2c(Br)cc(NS(=O)(=O)c3ccccc3C)cc12. The zero-order valence-corrected chi connectivity index (χ0v) is 16.3.